The molecule has 5 heterocycles. The molecule has 3 saturated heterocycles. The van der Waals surface area contributed by atoms with E-state index < -0.39 is 0 Å². The van der Waals surface area contributed by atoms with Crippen molar-refractivity contribution in [3.63, 3.8) is 0 Å². The van der Waals surface area contributed by atoms with E-state index in [1.807, 2.05) is 11.3 Å². The largest absolute Gasteiger partial charge is 0.360 e. The summed E-state index contributed by atoms with van der Waals surface area (Å²) in [5, 5.41) is 2.33. The Labute approximate surface area is 125 Å². The molecule has 1 spiro atoms. The number of hydrogen-bond acceptors (Lipinski definition) is 2. The van der Waals surface area contributed by atoms with E-state index in [0.717, 1.165) is 11.8 Å². The lowest BCUT2D eigenvalue weighted by atomic mass is 9.67. The van der Waals surface area contributed by atoms with Crippen LogP contribution in [0.2, 0.25) is 0 Å². The minimum Gasteiger partial charge on any atom is -0.360 e. The Balaban J connectivity index is 1.63. The van der Waals surface area contributed by atoms with E-state index in [4.69, 9.17) is 4.74 Å². The molecule has 2 nitrogen and oxygen atoms in total. The Morgan fingerprint density at radius 1 is 1.15 bits per heavy atom. The first-order chi connectivity index (χ1) is 9.87. The second-order valence-corrected chi connectivity index (χ2v) is 8.28. The van der Waals surface area contributed by atoms with Crippen molar-refractivity contribution in [3.05, 3.63) is 21.9 Å². The first-order valence-electron chi connectivity index (χ1n) is 8.46. The highest BCUT2D eigenvalue weighted by Crippen LogP contribution is 2.53. The van der Waals surface area contributed by atoms with E-state index in [2.05, 4.69) is 11.4 Å². The lowest BCUT2D eigenvalue weighted by molar-refractivity contribution is -0.927. The molecule has 1 aromatic heterocycles. The molecule has 2 bridgehead atoms. The normalized spacial score (nSPS) is 46.2. The molecule has 1 aromatic rings. The molecule has 5 aliphatic rings. The van der Waals surface area contributed by atoms with E-state index in [-0.39, 0.29) is 5.60 Å². The van der Waals surface area contributed by atoms with Gasteiger partial charge in [0.2, 0.25) is 0 Å². The maximum atomic E-state index is 6.92. The number of thiophene rings is 1. The number of nitrogens with one attached hydrogen (secondary N) is 1. The standard InChI is InChI=1S/C17H23NOS/c1-2-4-15-13(3-1)16-14(7-10-20-16)17(19-15)11-18-8-5-12(17)6-9-18/h7,10,12-13,15H,1-6,8-9,11H2/p+1/t13-,15+,17-/m0/s1. The fraction of sp³-hybridized carbons (Fsp3) is 0.765. The fourth-order valence-electron chi connectivity index (χ4n) is 5.47. The third-order valence-electron chi connectivity index (χ3n) is 6.42. The van der Waals surface area contributed by atoms with Gasteiger partial charge in [-0.3, -0.25) is 0 Å². The molecular formula is C17H24NOS+. The molecule has 0 aromatic carbocycles. The minimum absolute atomic E-state index is 0.0969. The van der Waals surface area contributed by atoms with Crippen LogP contribution in [-0.2, 0) is 10.3 Å². The van der Waals surface area contributed by atoms with Crippen molar-refractivity contribution < 1.29 is 9.64 Å². The molecule has 3 atom stereocenters. The summed E-state index contributed by atoms with van der Waals surface area (Å²) in [6.07, 6.45) is 8.70. The Morgan fingerprint density at radius 2 is 2.00 bits per heavy atom. The Morgan fingerprint density at radius 3 is 2.80 bits per heavy atom. The van der Waals surface area contributed by atoms with Gasteiger partial charge in [-0.15, -0.1) is 11.3 Å². The van der Waals surface area contributed by atoms with Crippen LogP contribution in [0.5, 0.6) is 0 Å². The van der Waals surface area contributed by atoms with Crippen LogP contribution >= 0.6 is 11.3 Å². The van der Waals surface area contributed by atoms with Crippen molar-refractivity contribution in [2.24, 2.45) is 5.92 Å². The van der Waals surface area contributed by atoms with Crippen molar-refractivity contribution in [2.45, 2.75) is 56.1 Å². The molecular weight excluding hydrogens is 266 g/mol. The highest BCUT2D eigenvalue weighted by atomic mass is 32.1. The number of ether oxygens (including phenoxy) is 1. The van der Waals surface area contributed by atoms with Gasteiger partial charge in [0.15, 0.2) is 0 Å². The molecule has 6 rings (SSSR count). The van der Waals surface area contributed by atoms with Gasteiger partial charge in [0.1, 0.15) is 12.1 Å². The zero-order chi connectivity index (χ0) is 13.2. The maximum absolute atomic E-state index is 6.92. The Kier molecular flexibility index (Phi) is 2.63. The topological polar surface area (TPSA) is 13.7 Å². The van der Waals surface area contributed by atoms with Crippen LogP contribution < -0.4 is 4.90 Å². The molecule has 3 heteroatoms. The molecule has 0 radical (unpaired) electrons. The molecule has 0 amide bonds. The third-order valence-corrected chi connectivity index (χ3v) is 7.47. The SMILES string of the molecule is c1cc2c(s1)[C@H]1CCCC[C@H]1O[C@]21C[NH+]2CCC1CC2. The number of piperidine rings is 3. The number of fused-ring (bicyclic) bond motifs is 5. The summed E-state index contributed by atoms with van der Waals surface area (Å²) >= 11 is 2.02. The average Bonchev–Trinajstić information content (AvgIpc) is 2.99. The predicted octanol–water partition coefficient (Wildman–Crippen LogP) is 2.31. The maximum Gasteiger partial charge on any atom is 0.146 e. The molecule has 0 unspecified atom stereocenters. The molecule has 108 valence electrons. The number of hydrogen-bond donors (Lipinski definition) is 1. The van der Waals surface area contributed by atoms with Crippen LogP contribution in [0.15, 0.2) is 11.4 Å². The smallest absolute Gasteiger partial charge is 0.146 e. The van der Waals surface area contributed by atoms with Gasteiger partial charge in [0, 0.05) is 35.1 Å². The average molecular weight is 290 g/mol. The van der Waals surface area contributed by atoms with Gasteiger partial charge in [-0.25, -0.2) is 0 Å². The van der Waals surface area contributed by atoms with Crippen molar-refractivity contribution in [3.8, 4) is 0 Å². The molecule has 1 N–H and O–H groups in total. The second-order valence-electron chi connectivity index (χ2n) is 7.34. The Hall–Kier alpha value is -0.380. The summed E-state index contributed by atoms with van der Waals surface area (Å²) in [6.45, 7) is 4.00. The molecule has 20 heavy (non-hydrogen) atoms. The van der Waals surface area contributed by atoms with Gasteiger partial charge < -0.3 is 9.64 Å². The summed E-state index contributed by atoms with van der Waals surface area (Å²) in [4.78, 5) is 3.49. The highest BCUT2D eigenvalue weighted by molar-refractivity contribution is 7.10. The predicted molar refractivity (Wildman–Crippen MR) is 80.4 cm³/mol. The lowest BCUT2D eigenvalue weighted by Crippen LogP contribution is -3.17. The van der Waals surface area contributed by atoms with E-state index in [9.17, 15) is 0 Å². The van der Waals surface area contributed by atoms with Crippen molar-refractivity contribution in [1.29, 1.82) is 0 Å². The zero-order valence-corrected chi connectivity index (χ0v) is 12.9. The van der Waals surface area contributed by atoms with Crippen LogP contribution in [0, 0.1) is 5.92 Å². The van der Waals surface area contributed by atoms with E-state index >= 15 is 0 Å². The van der Waals surface area contributed by atoms with E-state index in [0.29, 0.717) is 6.10 Å². The van der Waals surface area contributed by atoms with Gasteiger partial charge >= 0.3 is 0 Å². The van der Waals surface area contributed by atoms with Gasteiger partial charge in [-0.1, -0.05) is 12.8 Å². The van der Waals surface area contributed by atoms with Crippen LogP contribution in [0.25, 0.3) is 0 Å². The Bertz CT molecular complexity index is 519. The monoisotopic (exact) mass is 290 g/mol. The molecule has 4 fully saturated rings. The first-order valence-corrected chi connectivity index (χ1v) is 9.34. The van der Waals surface area contributed by atoms with Crippen LogP contribution in [0.3, 0.4) is 0 Å². The summed E-state index contributed by atoms with van der Waals surface area (Å²) in [6, 6.07) is 2.41. The zero-order valence-electron chi connectivity index (χ0n) is 12.1. The van der Waals surface area contributed by atoms with Gasteiger partial charge in [-0.2, -0.15) is 0 Å². The number of rotatable bonds is 0. The van der Waals surface area contributed by atoms with Gasteiger partial charge in [0.05, 0.1) is 19.2 Å². The number of quaternary nitrogens is 1. The summed E-state index contributed by atoms with van der Waals surface area (Å²) in [5.74, 6) is 1.51. The van der Waals surface area contributed by atoms with Gasteiger partial charge in [0.25, 0.3) is 0 Å². The van der Waals surface area contributed by atoms with Crippen molar-refractivity contribution in [2.75, 3.05) is 19.6 Å². The van der Waals surface area contributed by atoms with Crippen molar-refractivity contribution in [1.82, 2.24) is 0 Å². The third kappa shape index (κ3) is 1.52. The minimum atomic E-state index is 0.0969. The quantitative estimate of drug-likeness (QED) is 0.774. The first kappa shape index (κ1) is 12.2. The lowest BCUT2D eigenvalue weighted by Gasteiger charge is -2.55. The van der Waals surface area contributed by atoms with Crippen LogP contribution in [0.4, 0.5) is 0 Å². The highest BCUT2D eigenvalue weighted by Gasteiger charge is 2.57. The second kappa shape index (κ2) is 4.31. The summed E-state index contributed by atoms with van der Waals surface area (Å²) in [7, 11) is 0. The van der Waals surface area contributed by atoms with E-state index in [1.165, 1.54) is 58.2 Å². The molecule has 4 aliphatic heterocycles. The van der Waals surface area contributed by atoms with Gasteiger partial charge in [-0.05, 0) is 24.3 Å². The molecule has 1 aliphatic carbocycles. The fourth-order valence-corrected chi connectivity index (χ4v) is 6.63. The van der Waals surface area contributed by atoms with E-state index in [1.54, 1.807) is 15.3 Å². The summed E-state index contributed by atoms with van der Waals surface area (Å²) < 4.78 is 6.92. The van der Waals surface area contributed by atoms with Crippen LogP contribution in [-0.4, -0.2) is 25.7 Å². The van der Waals surface area contributed by atoms with Crippen LogP contribution in [0.1, 0.15) is 54.9 Å². The van der Waals surface area contributed by atoms with Crippen molar-refractivity contribution >= 4 is 11.3 Å². The summed E-state index contributed by atoms with van der Waals surface area (Å²) in [5.41, 5.74) is 1.70. The molecule has 1 saturated carbocycles.